The van der Waals surface area contributed by atoms with Crippen molar-refractivity contribution in [2.24, 2.45) is 0 Å². The smallest absolute Gasteiger partial charge is 0.171 e. The topological polar surface area (TPSA) is 37.0 Å². The van der Waals surface area contributed by atoms with Crippen molar-refractivity contribution >= 4 is 23.0 Å². The molecule has 0 spiro atoms. The van der Waals surface area contributed by atoms with Crippen molar-refractivity contribution in [2.45, 2.75) is 6.04 Å². The minimum atomic E-state index is -0.0962. The minimum absolute atomic E-state index is 0.0962. The molecule has 1 heterocycles. The van der Waals surface area contributed by atoms with Crippen LogP contribution in [0.2, 0.25) is 0 Å². The van der Waals surface area contributed by atoms with E-state index in [1.54, 1.807) is 6.20 Å². The Morgan fingerprint density at radius 2 is 1.48 bits per heavy atom. The summed E-state index contributed by atoms with van der Waals surface area (Å²) in [6, 6.07) is 25.8. The van der Waals surface area contributed by atoms with Gasteiger partial charge in [0.2, 0.25) is 0 Å². The molecular weight excluding hydrogens is 302 g/mol. The van der Waals surface area contributed by atoms with Gasteiger partial charge in [-0.25, -0.2) is 0 Å². The van der Waals surface area contributed by atoms with Crippen molar-refractivity contribution in [1.82, 2.24) is 10.3 Å². The van der Waals surface area contributed by atoms with Crippen LogP contribution in [-0.4, -0.2) is 10.1 Å². The zero-order chi connectivity index (χ0) is 15.9. The Morgan fingerprint density at radius 3 is 2.13 bits per heavy atom. The Hall–Kier alpha value is -2.72. The lowest BCUT2D eigenvalue weighted by molar-refractivity contribution is 0.740. The monoisotopic (exact) mass is 319 g/mol. The van der Waals surface area contributed by atoms with Gasteiger partial charge in [0.1, 0.15) is 0 Å². The van der Waals surface area contributed by atoms with Crippen LogP contribution >= 0.6 is 12.2 Å². The van der Waals surface area contributed by atoms with Gasteiger partial charge in [-0.1, -0.05) is 54.6 Å². The Labute approximate surface area is 141 Å². The minimum Gasteiger partial charge on any atom is -0.350 e. The highest BCUT2D eigenvalue weighted by atomic mass is 32.1. The normalized spacial score (nSPS) is 11.5. The summed E-state index contributed by atoms with van der Waals surface area (Å²) in [6.45, 7) is 0. The molecule has 114 valence electrons. The Morgan fingerprint density at radius 1 is 0.826 bits per heavy atom. The molecule has 2 N–H and O–H groups in total. The maximum atomic E-state index is 5.46. The summed E-state index contributed by atoms with van der Waals surface area (Å²) in [6.07, 6.45) is 1.79. The lowest BCUT2D eigenvalue weighted by atomic mass is 10.0. The predicted octanol–water partition coefficient (Wildman–Crippen LogP) is 4.16. The zero-order valence-corrected chi connectivity index (χ0v) is 13.3. The summed E-state index contributed by atoms with van der Waals surface area (Å²) in [5.41, 5.74) is 3.00. The molecule has 1 aromatic heterocycles. The summed E-state index contributed by atoms with van der Waals surface area (Å²) in [5, 5.41) is 7.13. The lowest BCUT2D eigenvalue weighted by Gasteiger charge is -2.21. The maximum absolute atomic E-state index is 5.46. The fraction of sp³-hybridized carbons (Fsp3) is 0.0526. The first-order valence-electron chi connectivity index (χ1n) is 7.41. The molecule has 1 unspecified atom stereocenters. The first kappa shape index (κ1) is 15.2. The number of hydrogen-bond acceptors (Lipinski definition) is 2. The van der Waals surface area contributed by atoms with E-state index in [9.17, 15) is 0 Å². The van der Waals surface area contributed by atoms with Gasteiger partial charge in [0, 0.05) is 11.9 Å². The van der Waals surface area contributed by atoms with Crippen LogP contribution in [-0.2, 0) is 0 Å². The summed E-state index contributed by atoms with van der Waals surface area (Å²) >= 11 is 5.46. The van der Waals surface area contributed by atoms with E-state index in [0.717, 1.165) is 16.9 Å². The number of anilines is 1. The van der Waals surface area contributed by atoms with Crippen LogP contribution in [0, 0.1) is 0 Å². The van der Waals surface area contributed by atoms with Crippen molar-refractivity contribution < 1.29 is 0 Å². The van der Waals surface area contributed by atoms with E-state index in [-0.39, 0.29) is 6.04 Å². The van der Waals surface area contributed by atoms with Crippen LogP contribution in [0.15, 0.2) is 85.1 Å². The van der Waals surface area contributed by atoms with Crippen LogP contribution in [0.25, 0.3) is 0 Å². The number of nitrogens with zero attached hydrogens (tertiary/aromatic N) is 1. The summed E-state index contributed by atoms with van der Waals surface area (Å²) in [5.74, 6) is 0. The van der Waals surface area contributed by atoms with Crippen molar-refractivity contribution in [2.75, 3.05) is 5.32 Å². The van der Waals surface area contributed by atoms with Crippen molar-refractivity contribution in [1.29, 1.82) is 0 Å². The highest BCUT2D eigenvalue weighted by Gasteiger charge is 2.16. The van der Waals surface area contributed by atoms with Gasteiger partial charge in [0.15, 0.2) is 5.11 Å². The average molecular weight is 319 g/mol. The third-order valence-electron chi connectivity index (χ3n) is 3.42. The fourth-order valence-electron chi connectivity index (χ4n) is 2.34. The molecule has 3 rings (SSSR count). The first-order chi connectivity index (χ1) is 11.3. The van der Waals surface area contributed by atoms with Crippen molar-refractivity contribution in [3.8, 4) is 0 Å². The van der Waals surface area contributed by atoms with E-state index in [1.807, 2.05) is 66.7 Å². The number of para-hydroxylation sites is 1. The highest BCUT2D eigenvalue weighted by Crippen LogP contribution is 2.20. The number of pyridine rings is 1. The van der Waals surface area contributed by atoms with Crippen molar-refractivity contribution in [3.63, 3.8) is 0 Å². The number of thiocarbonyl (C=S) groups is 1. The van der Waals surface area contributed by atoms with Gasteiger partial charge >= 0.3 is 0 Å². The van der Waals surface area contributed by atoms with E-state index in [4.69, 9.17) is 12.2 Å². The molecule has 1 atom stereocenters. The van der Waals surface area contributed by atoms with Gasteiger partial charge in [-0.2, -0.15) is 0 Å². The molecule has 4 heteroatoms. The average Bonchev–Trinajstić information content (AvgIpc) is 2.62. The van der Waals surface area contributed by atoms with E-state index < -0.39 is 0 Å². The van der Waals surface area contributed by atoms with Crippen LogP contribution in [0.3, 0.4) is 0 Å². The molecule has 0 aliphatic rings. The van der Waals surface area contributed by atoms with Crippen LogP contribution < -0.4 is 10.6 Å². The fourth-order valence-corrected chi connectivity index (χ4v) is 2.58. The molecule has 0 aliphatic heterocycles. The van der Waals surface area contributed by atoms with E-state index in [0.29, 0.717) is 5.11 Å². The first-order valence-corrected chi connectivity index (χ1v) is 7.82. The molecule has 0 saturated carbocycles. The van der Waals surface area contributed by atoms with Gasteiger partial charge in [-0.05, 0) is 42.0 Å². The number of nitrogens with one attached hydrogen (secondary N) is 2. The lowest BCUT2D eigenvalue weighted by Crippen LogP contribution is -2.33. The van der Waals surface area contributed by atoms with Gasteiger partial charge in [0.05, 0.1) is 11.7 Å². The SMILES string of the molecule is S=C(Nc1ccccc1)NC(c1ccccc1)c1ccccn1. The summed E-state index contributed by atoms with van der Waals surface area (Å²) in [7, 11) is 0. The zero-order valence-electron chi connectivity index (χ0n) is 12.5. The number of rotatable bonds is 4. The second-order valence-electron chi connectivity index (χ2n) is 5.06. The molecule has 0 amide bonds. The van der Waals surface area contributed by atoms with Crippen LogP contribution in [0.5, 0.6) is 0 Å². The maximum Gasteiger partial charge on any atom is 0.171 e. The van der Waals surface area contributed by atoms with Gasteiger partial charge in [-0.15, -0.1) is 0 Å². The molecule has 0 bridgehead atoms. The van der Waals surface area contributed by atoms with E-state index in [1.165, 1.54) is 0 Å². The molecule has 3 nitrogen and oxygen atoms in total. The second-order valence-corrected chi connectivity index (χ2v) is 5.47. The quantitative estimate of drug-likeness (QED) is 0.708. The summed E-state index contributed by atoms with van der Waals surface area (Å²) < 4.78 is 0. The van der Waals surface area contributed by atoms with Crippen LogP contribution in [0.4, 0.5) is 5.69 Å². The molecular formula is C19H17N3S. The number of aromatic nitrogens is 1. The van der Waals surface area contributed by atoms with Crippen LogP contribution in [0.1, 0.15) is 17.3 Å². The standard InChI is InChI=1S/C19H17N3S/c23-19(21-16-11-5-2-6-12-16)22-18(15-9-3-1-4-10-15)17-13-7-8-14-20-17/h1-14,18H,(H2,21,22,23). The predicted molar refractivity (Wildman–Crippen MR) is 98.3 cm³/mol. The molecule has 0 aliphatic carbocycles. The summed E-state index contributed by atoms with van der Waals surface area (Å²) in [4.78, 5) is 4.47. The molecule has 0 fully saturated rings. The number of benzene rings is 2. The Kier molecular flexibility index (Phi) is 4.96. The largest absolute Gasteiger partial charge is 0.350 e. The van der Waals surface area contributed by atoms with E-state index in [2.05, 4.69) is 27.8 Å². The van der Waals surface area contributed by atoms with Gasteiger partial charge in [-0.3, -0.25) is 4.98 Å². The molecule has 23 heavy (non-hydrogen) atoms. The van der Waals surface area contributed by atoms with Gasteiger partial charge in [0.25, 0.3) is 0 Å². The van der Waals surface area contributed by atoms with Crippen molar-refractivity contribution in [3.05, 3.63) is 96.3 Å². The Balaban J connectivity index is 1.81. The highest BCUT2D eigenvalue weighted by molar-refractivity contribution is 7.80. The third-order valence-corrected chi connectivity index (χ3v) is 3.64. The van der Waals surface area contributed by atoms with Gasteiger partial charge < -0.3 is 10.6 Å². The van der Waals surface area contributed by atoms with E-state index >= 15 is 0 Å². The molecule has 3 aromatic rings. The Bertz CT molecular complexity index is 706. The third kappa shape index (κ3) is 4.14. The molecule has 0 saturated heterocycles. The number of hydrogen-bond donors (Lipinski definition) is 2. The second kappa shape index (κ2) is 7.51. The molecule has 0 radical (unpaired) electrons. The molecule has 2 aromatic carbocycles.